The van der Waals surface area contributed by atoms with Crippen molar-refractivity contribution in [1.29, 1.82) is 0 Å². The van der Waals surface area contributed by atoms with E-state index >= 15 is 0 Å². The molecule has 0 bridgehead atoms. The second-order valence-corrected chi connectivity index (χ2v) is 8.15. The maximum atomic E-state index is 12.7. The molecular weight excluding hydrogens is 318 g/mol. The molecule has 0 radical (unpaired) electrons. The monoisotopic (exact) mass is 341 g/mol. The highest BCUT2D eigenvalue weighted by Crippen LogP contribution is 2.23. The predicted molar refractivity (Wildman–Crippen MR) is 84.7 cm³/mol. The van der Waals surface area contributed by atoms with E-state index in [9.17, 15) is 13.2 Å². The lowest BCUT2D eigenvalue weighted by Crippen LogP contribution is -2.45. The Labute approximate surface area is 136 Å². The lowest BCUT2D eigenvalue weighted by Gasteiger charge is -2.31. The highest BCUT2D eigenvalue weighted by atomic mass is 32.2. The molecule has 0 N–H and O–H groups in total. The average Bonchev–Trinajstić information content (AvgIpc) is 3.16. The molecule has 2 saturated heterocycles. The van der Waals surface area contributed by atoms with Gasteiger partial charge in [-0.2, -0.15) is 4.31 Å². The van der Waals surface area contributed by atoms with Crippen molar-refractivity contribution in [2.24, 2.45) is 7.05 Å². The van der Waals surface area contributed by atoms with Gasteiger partial charge in [0.25, 0.3) is 5.91 Å². The number of ether oxygens (including phenoxy) is 1. The lowest BCUT2D eigenvalue weighted by molar-refractivity contribution is -0.0127. The van der Waals surface area contributed by atoms with Gasteiger partial charge in [-0.05, 0) is 25.8 Å². The third-order valence-corrected chi connectivity index (χ3v) is 6.29. The Balaban J connectivity index is 1.84. The number of morpholine rings is 1. The Bertz CT molecular complexity index is 692. The van der Waals surface area contributed by atoms with Crippen LogP contribution >= 0.6 is 0 Å². The quantitative estimate of drug-likeness (QED) is 0.810. The minimum atomic E-state index is -3.50. The van der Waals surface area contributed by atoms with Crippen molar-refractivity contribution >= 4 is 15.9 Å². The summed E-state index contributed by atoms with van der Waals surface area (Å²) in [4.78, 5) is 14.6. The molecule has 1 unspecified atom stereocenters. The molecule has 1 aromatic rings. The van der Waals surface area contributed by atoms with Crippen LogP contribution in [0.2, 0.25) is 0 Å². The summed E-state index contributed by atoms with van der Waals surface area (Å²) in [7, 11) is -1.79. The van der Waals surface area contributed by atoms with Crippen LogP contribution in [0, 0.1) is 0 Å². The molecule has 7 nitrogen and oxygen atoms in total. The van der Waals surface area contributed by atoms with Gasteiger partial charge >= 0.3 is 0 Å². The summed E-state index contributed by atoms with van der Waals surface area (Å²) in [6.45, 7) is 4.60. The van der Waals surface area contributed by atoms with Gasteiger partial charge in [-0.15, -0.1) is 0 Å². The standard InChI is InChI=1S/C15H23N3O4S/c1-12-10-17(7-8-22-12)15(19)14-9-13(11-16(14)2)23(20,21)18-5-3-4-6-18/h9,11-12H,3-8,10H2,1-2H3. The van der Waals surface area contributed by atoms with E-state index in [4.69, 9.17) is 4.74 Å². The van der Waals surface area contributed by atoms with E-state index in [2.05, 4.69) is 0 Å². The number of nitrogens with zero attached hydrogens (tertiary/aromatic N) is 3. The molecule has 2 aliphatic heterocycles. The van der Waals surface area contributed by atoms with E-state index < -0.39 is 10.0 Å². The fourth-order valence-electron chi connectivity index (χ4n) is 3.13. The maximum Gasteiger partial charge on any atom is 0.270 e. The largest absolute Gasteiger partial charge is 0.375 e. The average molecular weight is 341 g/mol. The number of amides is 1. The molecule has 1 atom stereocenters. The molecule has 1 amide bonds. The fraction of sp³-hybridized carbons (Fsp3) is 0.667. The van der Waals surface area contributed by atoms with Crippen LogP contribution in [0.5, 0.6) is 0 Å². The van der Waals surface area contributed by atoms with Crippen LogP contribution in [0.4, 0.5) is 0 Å². The Kier molecular flexibility index (Phi) is 4.48. The number of rotatable bonds is 3. The summed E-state index contributed by atoms with van der Waals surface area (Å²) in [5.74, 6) is -0.148. The van der Waals surface area contributed by atoms with E-state index in [0.717, 1.165) is 12.8 Å². The van der Waals surface area contributed by atoms with Crippen LogP contribution in [0.1, 0.15) is 30.3 Å². The van der Waals surface area contributed by atoms with Crippen LogP contribution in [-0.4, -0.2) is 67.0 Å². The third-order valence-electron chi connectivity index (χ3n) is 4.43. The summed E-state index contributed by atoms with van der Waals surface area (Å²) in [6.07, 6.45) is 3.32. The SMILES string of the molecule is CC1CN(C(=O)c2cc(S(=O)(=O)N3CCCC3)cn2C)CCO1. The number of carbonyl (C=O) groups is 1. The van der Waals surface area contributed by atoms with Crippen molar-refractivity contribution in [1.82, 2.24) is 13.8 Å². The molecule has 3 heterocycles. The van der Waals surface area contributed by atoms with Crippen molar-refractivity contribution in [3.63, 3.8) is 0 Å². The number of aryl methyl sites for hydroxylation is 1. The van der Waals surface area contributed by atoms with Gasteiger partial charge in [0.05, 0.1) is 12.7 Å². The smallest absolute Gasteiger partial charge is 0.270 e. The molecule has 1 aromatic heterocycles. The molecule has 128 valence electrons. The van der Waals surface area contributed by atoms with E-state index in [1.807, 2.05) is 6.92 Å². The van der Waals surface area contributed by atoms with Gasteiger partial charge in [0.15, 0.2) is 0 Å². The zero-order chi connectivity index (χ0) is 16.6. The second kappa shape index (κ2) is 6.26. The van der Waals surface area contributed by atoms with E-state index in [1.165, 1.54) is 16.6 Å². The first-order valence-electron chi connectivity index (χ1n) is 7.97. The molecule has 0 spiro atoms. The zero-order valence-corrected chi connectivity index (χ0v) is 14.4. The van der Waals surface area contributed by atoms with Crippen molar-refractivity contribution < 1.29 is 17.9 Å². The van der Waals surface area contributed by atoms with E-state index in [1.54, 1.807) is 16.5 Å². The van der Waals surface area contributed by atoms with Crippen LogP contribution in [0.3, 0.4) is 0 Å². The van der Waals surface area contributed by atoms with Gasteiger partial charge in [-0.3, -0.25) is 4.79 Å². The van der Waals surface area contributed by atoms with Crippen molar-refractivity contribution in [2.75, 3.05) is 32.8 Å². The molecule has 23 heavy (non-hydrogen) atoms. The number of aromatic nitrogens is 1. The second-order valence-electron chi connectivity index (χ2n) is 6.22. The topological polar surface area (TPSA) is 71.9 Å². The van der Waals surface area contributed by atoms with Crippen molar-refractivity contribution in [2.45, 2.75) is 30.8 Å². The molecule has 0 aliphatic carbocycles. The number of hydrogen-bond donors (Lipinski definition) is 0. The number of hydrogen-bond acceptors (Lipinski definition) is 4. The molecule has 0 aromatic carbocycles. The number of sulfonamides is 1. The summed E-state index contributed by atoms with van der Waals surface area (Å²) in [6, 6.07) is 1.50. The third kappa shape index (κ3) is 3.15. The van der Waals surface area contributed by atoms with Gasteiger partial charge in [0.1, 0.15) is 10.6 Å². The Morgan fingerprint density at radius 1 is 1.26 bits per heavy atom. The zero-order valence-electron chi connectivity index (χ0n) is 13.6. The number of carbonyl (C=O) groups excluding carboxylic acids is 1. The first kappa shape index (κ1) is 16.5. The van der Waals surface area contributed by atoms with Crippen LogP contribution in [-0.2, 0) is 21.8 Å². The molecule has 2 aliphatic rings. The van der Waals surface area contributed by atoms with E-state index in [-0.39, 0.29) is 16.9 Å². The summed E-state index contributed by atoms with van der Waals surface area (Å²) in [5.41, 5.74) is 0.400. The van der Waals surface area contributed by atoms with Crippen molar-refractivity contribution in [3.8, 4) is 0 Å². The van der Waals surface area contributed by atoms with Gasteiger partial charge < -0.3 is 14.2 Å². The minimum absolute atomic E-state index is 0.000714. The maximum absolute atomic E-state index is 12.7. The highest BCUT2D eigenvalue weighted by molar-refractivity contribution is 7.89. The Morgan fingerprint density at radius 2 is 1.96 bits per heavy atom. The first-order valence-corrected chi connectivity index (χ1v) is 9.41. The van der Waals surface area contributed by atoms with Gasteiger partial charge in [-0.25, -0.2) is 8.42 Å². The van der Waals surface area contributed by atoms with Crippen LogP contribution < -0.4 is 0 Å². The molecule has 3 rings (SSSR count). The highest BCUT2D eigenvalue weighted by Gasteiger charge is 2.31. The summed E-state index contributed by atoms with van der Waals surface area (Å²) >= 11 is 0. The summed E-state index contributed by atoms with van der Waals surface area (Å²) < 4.78 is 33.8. The normalized spacial score (nSPS) is 23.4. The predicted octanol–water partition coefficient (Wildman–Crippen LogP) is 0.671. The first-order chi connectivity index (χ1) is 10.9. The van der Waals surface area contributed by atoms with Crippen LogP contribution in [0.25, 0.3) is 0 Å². The van der Waals surface area contributed by atoms with Crippen LogP contribution in [0.15, 0.2) is 17.2 Å². The van der Waals surface area contributed by atoms with Gasteiger partial charge in [-0.1, -0.05) is 0 Å². The van der Waals surface area contributed by atoms with Crippen molar-refractivity contribution in [3.05, 3.63) is 18.0 Å². The Morgan fingerprint density at radius 3 is 2.61 bits per heavy atom. The molecule has 0 saturated carbocycles. The molecular formula is C15H23N3O4S. The Hall–Kier alpha value is -1.38. The molecule has 2 fully saturated rings. The van der Waals surface area contributed by atoms with Gasteiger partial charge in [0.2, 0.25) is 10.0 Å². The lowest BCUT2D eigenvalue weighted by atomic mass is 10.2. The summed E-state index contributed by atoms with van der Waals surface area (Å²) in [5, 5.41) is 0. The fourth-order valence-corrected chi connectivity index (χ4v) is 4.72. The molecule has 8 heteroatoms. The van der Waals surface area contributed by atoms with E-state index in [0.29, 0.717) is 38.5 Å². The van der Waals surface area contributed by atoms with Gasteiger partial charge in [0, 0.05) is 39.4 Å². The minimum Gasteiger partial charge on any atom is -0.375 e.